The average Bonchev–Trinajstić information content (AvgIpc) is 3.33. The molecule has 1 aromatic rings. The maximum atomic E-state index is 12.9. The second-order valence-electron chi connectivity index (χ2n) is 9.20. The molecule has 0 spiro atoms. The van der Waals surface area contributed by atoms with E-state index in [1.807, 2.05) is 17.0 Å². The third-order valence-electron chi connectivity index (χ3n) is 7.59. The van der Waals surface area contributed by atoms with Gasteiger partial charge in [0.15, 0.2) is 0 Å². The van der Waals surface area contributed by atoms with Crippen molar-refractivity contribution in [1.29, 1.82) is 0 Å². The number of nitrogens with one attached hydrogen (secondary N) is 2. The highest BCUT2D eigenvalue weighted by Gasteiger charge is 2.54. The lowest BCUT2D eigenvalue weighted by Crippen LogP contribution is -2.49. The van der Waals surface area contributed by atoms with Crippen molar-refractivity contribution in [2.24, 2.45) is 23.7 Å². The predicted octanol–water partition coefficient (Wildman–Crippen LogP) is 2.95. The van der Waals surface area contributed by atoms with Crippen LogP contribution >= 0.6 is 0 Å². The number of rotatable bonds is 3. The van der Waals surface area contributed by atoms with E-state index in [9.17, 15) is 13.2 Å². The molecule has 0 radical (unpaired) electrons. The Morgan fingerprint density at radius 1 is 1.14 bits per heavy atom. The fourth-order valence-corrected chi connectivity index (χ4v) is 7.15. The molecule has 5 rings (SSSR count). The smallest absolute Gasteiger partial charge is 0.317 e. The van der Waals surface area contributed by atoms with Gasteiger partial charge in [-0.1, -0.05) is 18.6 Å². The predicted molar refractivity (Wildman–Crippen MR) is 108 cm³/mol. The normalized spacial score (nSPS) is 33.5. The zero-order chi connectivity index (χ0) is 19.5. The third kappa shape index (κ3) is 3.17. The lowest BCUT2D eigenvalue weighted by molar-refractivity contribution is 0.167. The lowest BCUT2D eigenvalue weighted by Gasteiger charge is -2.35. The molecule has 1 aliphatic heterocycles. The highest BCUT2D eigenvalue weighted by atomic mass is 32.2. The summed E-state index contributed by atoms with van der Waals surface area (Å²) in [7, 11) is -3.31. The molecule has 0 saturated heterocycles. The van der Waals surface area contributed by atoms with Crippen LogP contribution in [-0.4, -0.2) is 38.2 Å². The molecular formula is C21H29N3O3S. The maximum Gasteiger partial charge on any atom is 0.317 e. The minimum atomic E-state index is -3.31. The van der Waals surface area contributed by atoms with E-state index >= 15 is 0 Å². The number of benzene rings is 1. The number of carbonyl (C=O) groups excluding carboxylic acids is 1. The molecule has 7 heteroatoms. The Kier molecular flexibility index (Phi) is 4.34. The Morgan fingerprint density at radius 3 is 2.79 bits per heavy atom. The first-order valence-corrected chi connectivity index (χ1v) is 12.4. The van der Waals surface area contributed by atoms with Crippen LogP contribution in [0.5, 0.6) is 0 Å². The van der Waals surface area contributed by atoms with Gasteiger partial charge in [-0.05, 0) is 73.0 Å². The third-order valence-corrected chi connectivity index (χ3v) is 8.18. The molecule has 5 unspecified atom stereocenters. The van der Waals surface area contributed by atoms with Gasteiger partial charge in [-0.3, -0.25) is 4.72 Å². The number of amides is 2. The Bertz CT molecular complexity index is 900. The summed E-state index contributed by atoms with van der Waals surface area (Å²) in [6, 6.07) is 6.02. The summed E-state index contributed by atoms with van der Waals surface area (Å²) in [6.07, 6.45) is 8.43. The van der Waals surface area contributed by atoms with Gasteiger partial charge >= 0.3 is 6.03 Å². The Balaban J connectivity index is 1.25. The molecule has 4 aliphatic rings. The van der Waals surface area contributed by atoms with Crippen LogP contribution in [-0.2, 0) is 23.0 Å². The van der Waals surface area contributed by atoms with Gasteiger partial charge in [0.2, 0.25) is 10.0 Å². The van der Waals surface area contributed by atoms with Crippen LogP contribution in [0, 0.1) is 23.7 Å². The second kappa shape index (κ2) is 6.65. The fourth-order valence-electron chi connectivity index (χ4n) is 6.56. The van der Waals surface area contributed by atoms with E-state index in [0.717, 1.165) is 35.3 Å². The summed E-state index contributed by atoms with van der Waals surface area (Å²) in [5, 5.41) is 3.35. The number of hydrogen-bond donors (Lipinski definition) is 2. The van der Waals surface area contributed by atoms with Crippen LogP contribution in [0.3, 0.4) is 0 Å². The van der Waals surface area contributed by atoms with Crippen LogP contribution < -0.4 is 10.0 Å². The van der Waals surface area contributed by atoms with Crippen LogP contribution in [0.1, 0.15) is 43.2 Å². The summed E-state index contributed by atoms with van der Waals surface area (Å²) in [5.41, 5.74) is 2.67. The highest BCUT2D eigenvalue weighted by Crippen LogP contribution is 2.58. The number of hydrogen-bond acceptors (Lipinski definition) is 3. The standard InChI is InChI=1S/C21H29N3O3S/c1-28(26,27)23-19-7-2-4-13-12-24(9-8-16(13)19)21(25)22-20-11-14-10-18(20)17-6-3-5-15(14)17/h2,4,7,14-15,17-18,20,23H,3,5-6,8-12H2,1H3,(H,22,25). The molecule has 2 N–H and O–H groups in total. The quantitative estimate of drug-likeness (QED) is 0.814. The Labute approximate surface area is 167 Å². The highest BCUT2D eigenvalue weighted by molar-refractivity contribution is 7.92. The van der Waals surface area contributed by atoms with Crippen molar-refractivity contribution in [1.82, 2.24) is 10.2 Å². The topological polar surface area (TPSA) is 78.5 Å². The molecule has 0 aromatic heterocycles. The minimum Gasteiger partial charge on any atom is -0.335 e. The molecule has 3 fully saturated rings. The largest absolute Gasteiger partial charge is 0.335 e. The van der Waals surface area contributed by atoms with Crippen LogP contribution in [0.15, 0.2) is 18.2 Å². The molecule has 3 saturated carbocycles. The summed E-state index contributed by atoms with van der Waals surface area (Å²) in [5.74, 6) is 3.29. The van der Waals surface area contributed by atoms with E-state index < -0.39 is 10.0 Å². The van der Waals surface area contributed by atoms with E-state index in [-0.39, 0.29) is 6.03 Å². The fraction of sp³-hybridized carbons (Fsp3) is 0.667. The van der Waals surface area contributed by atoms with Crippen molar-refractivity contribution in [3.05, 3.63) is 29.3 Å². The van der Waals surface area contributed by atoms with Crippen LogP contribution in [0.25, 0.3) is 0 Å². The maximum absolute atomic E-state index is 12.9. The molecule has 3 aliphatic carbocycles. The Hall–Kier alpha value is -1.76. The second-order valence-corrected chi connectivity index (χ2v) is 10.9. The van der Waals surface area contributed by atoms with E-state index in [1.165, 1.54) is 31.9 Å². The first-order chi connectivity index (χ1) is 13.4. The van der Waals surface area contributed by atoms with Crippen molar-refractivity contribution >= 4 is 21.7 Å². The van der Waals surface area contributed by atoms with E-state index in [4.69, 9.17) is 0 Å². The monoisotopic (exact) mass is 403 g/mol. The van der Waals surface area contributed by atoms with Crippen LogP contribution in [0.4, 0.5) is 10.5 Å². The van der Waals surface area contributed by atoms with Crippen molar-refractivity contribution in [3.8, 4) is 0 Å². The number of anilines is 1. The first kappa shape index (κ1) is 18.3. The molecule has 2 amide bonds. The lowest BCUT2D eigenvalue weighted by atomic mass is 9.79. The molecule has 5 atom stereocenters. The van der Waals surface area contributed by atoms with E-state index in [1.54, 1.807) is 6.07 Å². The average molecular weight is 404 g/mol. The molecule has 2 bridgehead atoms. The van der Waals surface area contributed by atoms with Crippen molar-refractivity contribution in [3.63, 3.8) is 0 Å². The van der Waals surface area contributed by atoms with Gasteiger partial charge in [0, 0.05) is 19.1 Å². The van der Waals surface area contributed by atoms with Gasteiger partial charge in [-0.2, -0.15) is 0 Å². The van der Waals surface area contributed by atoms with Gasteiger partial charge in [-0.25, -0.2) is 13.2 Å². The first-order valence-electron chi connectivity index (χ1n) is 10.5. The van der Waals surface area contributed by atoms with Crippen LogP contribution in [0.2, 0.25) is 0 Å². The zero-order valence-electron chi connectivity index (χ0n) is 16.4. The molecule has 152 valence electrons. The molecule has 28 heavy (non-hydrogen) atoms. The minimum absolute atomic E-state index is 0.0409. The van der Waals surface area contributed by atoms with E-state index in [2.05, 4.69) is 10.0 Å². The summed E-state index contributed by atoms with van der Waals surface area (Å²) in [4.78, 5) is 14.8. The van der Waals surface area contributed by atoms with Gasteiger partial charge in [0.1, 0.15) is 0 Å². The zero-order valence-corrected chi connectivity index (χ0v) is 17.2. The van der Waals surface area contributed by atoms with Gasteiger partial charge in [0.25, 0.3) is 0 Å². The molecular weight excluding hydrogens is 374 g/mol. The van der Waals surface area contributed by atoms with Crippen molar-refractivity contribution in [2.75, 3.05) is 17.5 Å². The summed E-state index contributed by atoms with van der Waals surface area (Å²) < 4.78 is 25.8. The summed E-state index contributed by atoms with van der Waals surface area (Å²) >= 11 is 0. The van der Waals surface area contributed by atoms with Gasteiger partial charge in [0.05, 0.1) is 11.9 Å². The number of carbonyl (C=O) groups is 1. The molecule has 1 heterocycles. The van der Waals surface area contributed by atoms with Crippen molar-refractivity contribution < 1.29 is 13.2 Å². The summed E-state index contributed by atoms with van der Waals surface area (Å²) in [6.45, 7) is 1.15. The molecule has 1 aromatic carbocycles. The Morgan fingerprint density at radius 2 is 1.96 bits per heavy atom. The van der Waals surface area contributed by atoms with Gasteiger partial charge in [-0.15, -0.1) is 0 Å². The number of fused-ring (bicyclic) bond motifs is 6. The van der Waals surface area contributed by atoms with Crippen molar-refractivity contribution in [2.45, 2.75) is 51.1 Å². The number of nitrogens with zero attached hydrogens (tertiary/aromatic N) is 1. The molecule has 6 nitrogen and oxygen atoms in total. The number of urea groups is 1. The number of sulfonamides is 1. The van der Waals surface area contributed by atoms with Gasteiger partial charge < -0.3 is 10.2 Å². The van der Waals surface area contributed by atoms with E-state index in [0.29, 0.717) is 37.2 Å². The SMILES string of the molecule is CS(=O)(=O)Nc1cccc2c1CCN(C(=O)NC1CC3CC1C1CCCC31)C2.